The summed E-state index contributed by atoms with van der Waals surface area (Å²) >= 11 is 19.6. The Morgan fingerprint density at radius 3 is 2.39 bits per heavy atom. The summed E-state index contributed by atoms with van der Waals surface area (Å²) in [5, 5.41) is 1.50. The minimum Gasteiger partial charge on any atom is -0.493 e. The number of aromatic nitrogens is 1. The van der Waals surface area contributed by atoms with Crippen molar-refractivity contribution in [3.63, 3.8) is 0 Å². The number of allylic oxidation sites excluding steroid dienone is 1. The molecule has 1 aromatic heterocycles. The quantitative estimate of drug-likeness (QED) is 0.200. The van der Waals surface area contributed by atoms with E-state index < -0.39 is 6.04 Å². The molecule has 0 spiro atoms. The average Bonchev–Trinajstić information content (AvgIpc) is 3.32. The Bertz CT molecular complexity index is 1930. The fourth-order valence-electron chi connectivity index (χ4n) is 5.07. The van der Waals surface area contributed by atoms with E-state index in [9.17, 15) is 9.59 Å². The van der Waals surface area contributed by atoms with Crippen molar-refractivity contribution in [1.29, 1.82) is 0 Å². The van der Waals surface area contributed by atoms with E-state index in [-0.39, 0.29) is 18.1 Å². The van der Waals surface area contributed by atoms with E-state index in [0.29, 0.717) is 60.3 Å². The number of hydrogen-bond donors (Lipinski definition) is 0. The van der Waals surface area contributed by atoms with Gasteiger partial charge in [-0.05, 0) is 79.9 Å². The Kier molecular flexibility index (Phi) is 9.85. The molecule has 1 aliphatic rings. The highest BCUT2D eigenvalue weighted by molar-refractivity contribution is 7.07. The number of nitrogens with zero attached hydrogens (tertiary/aromatic N) is 3. The number of fused-ring (bicyclic) bond motifs is 1. The Balaban J connectivity index is 1.54. The van der Waals surface area contributed by atoms with Crippen LogP contribution in [0.5, 0.6) is 11.5 Å². The van der Waals surface area contributed by atoms with Gasteiger partial charge < -0.3 is 14.4 Å². The number of likely N-dealkylation sites (N-methyl/N-ethyl adjacent to an activating group) is 1. The highest BCUT2D eigenvalue weighted by Gasteiger charge is 2.34. The number of ether oxygens (including phenoxy) is 2. The normalized spacial score (nSPS) is 14.7. The SMILES string of the molecule is CCN(CC)C(=O)C1=C(C)N=c2s/c(=C/c3ccc(OCc4ccc(Cl)c(Cl)c4)c(OC)c3)c(=O)n2[C@H]1c1ccc(Cl)cc1. The van der Waals surface area contributed by atoms with Crippen molar-refractivity contribution in [3.05, 3.63) is 123 Å². The molecule has 0 bridgehead atoms. The van der Waals surface area contributed by atoms with Crippen molar-refractivity contribution in [2.24, 2.45) is 4.99 Å². The molecular formula is C33H30Cl3N3O4S. The number of carbonyl (C=O) groups is 1. The Morgan fingerprint density at radius 1 is 1.00 bits per heavy atom. The Morgan fingerprint density at radius 2 is 1.73 bits per heavy atom. The van der Waals surface area contributed by atoms with Gasteiger partial charge in [0.15, 0.2) is 16.3 Å². The number of halogens is 3. The van der Waals surface area contributed by atoms with Crippen LogP contribution < -0.4 is 24.4 Å². The molecule has 11 heteroatoms. The number of thiazole rings is 1. The summed E-state index contributed by atoms with van der Waals surface area (Å²) in [6.07, 6.45) is 1.79. The first kappa shape index (κ1) is 31.9. The van der Waals surface area contributed by atoms with Gasteiger partial charge in [0.05, 0.1) is 39.0 Å². The number of methoxy groups -OCH3 is 1. The second-order valence-electron chi connectivity index (χ2n) is 10.1. The molecule has 44 heavy (non-hydrogen) atoms. The maximum atomic E-state index is 14.0. The molecule has 0 N–H and O–H groups in total. The molecule has 0 fully saturated rings. The molecular weight excluding hydrogens is 641 g/mol. The lowest BCUT2D eigenvalue weighted by atomic mass is 9.94. The van der Waals surface area contributed by atoms with Gasteiger partial charge in [0.25, 0.3) is 11.5 Å². The van der Waals surface area contributed by atoms with Gasteiger partial charge in [-0.15, -0.1) is 0 Å². The zero-order chi connectivity index (χ0) is 31.5. The summed E-state index contributed by atoms with van der Waals surface area (Å²) in [5.74, 6) is 0.898. The van der Waals surface area contributed by atoms with Crippen molar-refractivity contribution in [3.8, 4) is 11.5 Å². The van der Waals surface area contributed by atoms with E-state index in [1.807, 2.05) is 45.0 Å². The van der Waals surface area contributed by atoms with Gasteiger partial charge in [0.2, 0.25) is 0 Å². The van der Waals surface area contributed by atoms with Crippen LogP contribution in [0.2, 0.25) is 15.1 Å². The summed E-state index contributed by atoms with van der Waals surface area (Å²) < 4.78 is 13.7. The molecule has 5 rings (SSSR count). The maximum Gasteiger partial charge on any atom is 0.271 e. The van der Waals surface area contributed by atoms with E-state index in [1.165, 1.54) is 11.3 Å². The van der Waals surface area contributed by atoms with Gasteiger partial charge in [0.1, 0.15) is 6.61 Å². The van der Waals surface area contributed by atoms with Gasteiger partial charge in [-0.3, -0.25) is 14.2 Å². The van der Waals surface area contributed by atoms with Crippen LogP contribution in [-0.4, -0.2) is 35.6 Å². The first-order valence-corrected chi connectivity index (χ1v) is 15.9. The number of carbonyl (C=O) groups excluding carboxylic acids is 1. The fourth-order valence-corrected chi connectivity index (χ4v) is 6.57. The molecule has 7 nitrogen and oxygen atoms in total. The average molecular weight is 671 g/mol. The minimum atomic E-state index is -0.648. The van der Waals surface area contributed by atoms with Crippen molar-refractivity contribution in [2.75, 3.05) is 20.2 Å². The lowest BCUT2D eigenvalue weighted by molar-refractivity contribution is -0.127. The molecule has 0 unspecified atom stereocenters. The maximum absolute atomic E-state index is 14.0. The first-order chi connectivity index (χ1) is 21.1. The van der Waals surface area contributed by atoms with Crippen LogP contribution in [0.1, 0.15) is 43.5 Å². The summed E-state index contributed by atoms with van der Waals surface area (Å²) in [7, 11) is 1.56. The molecule has 3 aromatic carbocycles. The molecule has 0 saturated carbocycles. The predicted octanol–water partition coefficient (Wildman–Crippen LogP) is 6.65. The van der Waals surface area contributed by atoms with Gasteiger partial charge >= 0.3 is 0 Å². The standard InChI is InChI=1S/C33H30Cl3N3O4S/c1-5-38(6-2)32(41)29-19(3)37-33-39(30(29)22-9-11-23(34)12-10-22)31(40)28(44-33)17-20-8-14-26(27(16-20)42-4)43-18-21-7-13-24(35)25(36)15-21/h7-17,30H,5-6,18H2,1-4H3/b28-17+/t30-/m0/s1. The van der Waals surface area contributed by atoms with E-state index >= 15 is 0 Å². The third-order valence-electron chi connectivity index (χ3n) is 7.35. The first-order valence-electron chi connectivity index (χ1n) is 14.0. The van der Waals surface area contributed by atoms with Crippen LogP contribution in [-0.2, 0) is 11.4 Å². The summed E-state index contributed by atoms with van der Waals surface area (Å²) in [5.41, 5.74) is 3.19. The zero-order valence-corrected chi connectivity index (χ0v) is 27.7. The van der Waals surface area contributed by atoms with Crippen LogP contribution in [0, 0.1) is 0 Å². The molecule has 0 radical (unpaired) electrons. The zero-order valence-electron chi connectivity index (χ0n) is 24.6. The van der Waals surface area contributed by atoms with Gasteiger partial charge in [-0.2, -0.15) is 0 Å². The molecule has 228 valence electrons. The van der Waals surface area contributed by atoms with E-state index in [0.717, 1.165) is 16.7 Å². The summed E-state index contributed by atoms with van der Waals surface area (Å²) in [6, 6.07) is 17.3. The van der Waals surface area contributed by atoms with Gasteiger partial charge in [-0.25, -0.2) is 4.99 Å². The summed E-state index contributed by atoms with van der Waals surface area (Å²) in [4.78, 5) is 34.7. The molecule has 1 aliphatic heterocycles. The Labute approximate surface area is 274 Å². The molecule has 0 saturated heterocycles. The number of rotatable bonds is 9. The third kappa shape index (κ3) is 6.44. The van der Waals surface area contributed by atoms with Crippen molar-refractivity contribution < 1.29 is 14.3 Å². The van der Waals surface area contributed by atoms with E-state index in [4.69, 9.17) is 49.3 Å². The smallest absolute Gasteiger partial charge is 0.271 e. The second-order valence-corrected chi connectivity index (χ2v) is 12.3. The molecule has 4 aromatic rings. The van der Waals surface area contributed by atoms with Crippen molar-refractivity contribution in [2.45, 2.75) is 33.4 Å². The Hall–Kier alpha value is -3.56. The number of amides is 1. The number of hydrogen-bond acceptors (Lipinski definition) is 6. The van der Waals surface area contributed by atoms with E-state index in [1.54, 1.807) is 59.1 Å². The predicted molar refractivity (Wildman–Crippen MR) is 177 cm³/mol. The van der Waals surface area contributed by atoms with Crippen molar-refractivity contribution in [1.82, 2.24) is 9.47 Å². The van der Waals surface area contributed by atoms with Gasteiger partial charge in [-0.1, -0.05) is 70.4 Å². The van der Waals surface area contributed by atoms with Crippen LogP contribution in [0.3, 0.4) is 0 Å². The minimum absolute atomic E-state index is 0.147. The fraction of sp³-hybridized carbons (Fsp3) is 0.242. The van der Waals surface area contributed by atoms with Crippen LogP contribution in [0.4, 0.5) is 0 Å². The summed E-state index contributed by atoms with van der Waals surface area (Å²) in [6.45, 7) is 7.03. The second kappa shape index (κ2) is 13.6. The van der Waals surface area contributed by atoms with Crippen LogP contribution >= 0.6 is 46.1 Å². The van der Waals surface area contributed by atoms with Crippen LogP contribution in [0.15, 0.2) is 81.7 Å². The lowest BCUT2D eigenvalue weighted by Gasteiger charge is -2.29. The highest BCUT2D eigenvalue weighted by Crippen LogP contribution is 2.33. The monoisotopic (exact) mass is 669 g/mol. The number of benzene rings is 3. The molecule has 1 amide bonds. The molecule has 0 aliphatic carbocycles. The lowest BCUT2D eigenvalue weighted by Crippen LogP contribution is -2.43. The molecule has 2 heterocycles. The van der Waals surface area contributed by atoms with E-state index in [2.05, 4.69) is 0 Å². The van der Waals surface area contributed by atoms with Gasteiger partial charge in [0, 0.05) is 18.1 Å². The van der Waals surface area contributed by atoms with Crippen molar-refractivity contribution >= 4 is 58.1 Å². The third-order valence-corrected chi connectivity index (χ3v) is 9.33. The highest BCUT2D eigenvalue weighted by atomic mass is 35.5. The molecule has 1 atom stereocenters. The topological polar surface area (TPSA) is 73.1 Å². The largest absolute Gasteiger partial charge is 0.493 e. The van der Waals surface area contributed by atoms with Crippen LogP contribution in [0.25, 0.3) is 6.08 Å².